The van der Waals surface area contributed by atoms with E-state index in [1.807, 2.05) is 42.5 Å². The van der Waals surface area contributed by atoms with E-state index in [1.165, 1.54) is 11.5 Å². The Morgan fingerprint density at radius 2 is 2.10 bits per heavy atom. The quantitative estimate of drug-likeness (QED) is 0.673. The summed E-state index contributed by atoms with van der Waals surface area (Å²) < 4.78 is 15.7. The number of aromatic nitrogens is 2. The summed E-state index contributed by atoms with van der Waals surface area (Å²) in [5.41, 5.74) is 2.49. The lowest BCUT2D eigenvalue weighted by atomic mass is 10.1. The zero-order valence-corrected chi connectivity index (χ0v) is 16.9. The maximum absolute atomic E-state index is 12.1. The second-order valence-corrected chi connectivity index (χ2v) is 7.35. The van der Waals surface area contributed by atoms with Crippen LogP contribution in [0, 0.1) is 0 Å². The van der Waals surface area contributed by atoms with Crippen molar-refractivity contribution in [2.24, 2.45) is 0 Å². The molecule has 0 saturated heterocycles. The van der Waals surface area contributed by atoms with Crippen molar-refractivity contribution >= 4 is 17.4 Å². The lowest BCUT2D eigenvalue weighted by Crippen LogP contribution is -2.36. The molecule has 2 heterocycles. The summed E-state index contributed by atoms with van der Waals surface area (Å²) >= 11 is 1.17. The first-order chi connectivity index (χ1) is 14.2. The van der Waals surface area contributed by atoms with Gasteiger partial charge in [-0.2, -0.15) is 0 Å². The molecule has 7 nitrogen and oxygen atoms in total. The van der Waals surface area contributed by atoms with Gasteiger partial charge < -0.3 is 14.8 Å². The van der Waals surface area contributed by atoms with Gasteiger partial charge in [-0.15, -0.1) is 5.10 Å². The molecule has 0 saturated carbocycles. The molecule has 1 unspecified atom stereocenters. The second-order valence-electron chi connectivity index (χ2n) is 6.74. The van der Waals surface area contributed by atoms with Crippen molar-refractivity contribution in [3.05, 3.63) is 70.7 Å². The number of nitrogens with one attached hydrogen (secondary N) is 1. The van der Waals surface area contributed by atoms with Gasteiger partial charge in [-0.3, -0.25) is 9.69 Å². The molecule has 8 heteroatoms. The van der Waals surface area contributed by atoms with Crippen LogP contribution in [-0.2, 0) is 6.54 Å². The molecule has 0 bridgehead atoms. The van der Waals surface area contributed by atoms with Crippen molar-refractivity contribution in [2.45, 2.75) is 12.6 Å². The van der Waals surface area contributed by atoms with E-state index in [0.717, 1.165) is 29.2 Å². The highest BCUT2D eigenvalue weighted by molar-refractivity contribution is 7.03. The van der Waals surface area contributed by atoms with Crippen LogP contribution in [0.4, 0.5) is 0 Å². The van der Waals surface area contributed by atoms with Gasteiger partial charge in [-0.25, -0.2) is 0 Å². The number of ether oxygens (including phenoxy) is 2. The van der Waals surface area contributed by atoms with Crippen LogP contribution in [0.25, 0.3) is 0 Å². The topological polar surface area (TPSA) is 76.6 Å². The Hall–Kier alpha value is -2.97. The summed E-state index contributed by atoms with van der Waals surface area (Å²) in [4.78, 5) is 14.4. The van der Waals surface area contributed by atoms with Gasteiger partial charge in [0, 0.05) is 42.7 Å². The minimum Gasteiger partial charge on any atom is -0.496 e. The summed E-state index contributed by atoms with van der Waals surface area (Å²) in [6, 6.07) is 16.0. The Labute approximate surface area is 173 Å². The molecular formula is C21H22N4O3S. The number of carbonyl (C=O) groups excluding carboxylic acids is 1. The molecule has 1 aromatic heterocycles. The van der Waals surface area contributed by atoms with E-state index in [9.17, 15) is 4.79 Å². The molecule has 1 amide bonds. The lowest BCUT2D eigenvalue weighted by Gasteiger charge is -2.25. The van der Waals surface area contributed by atoms with Crippen LogP contribution in [-0.4, -0.2) is 47.1 Å². The molecule has 1 atom stereocenters. The molecule has 0 radical (unpaired) electrons. The zero-order chi connectivity index (χ0) is 20.1. The van der Waals surface area contributed by atoms with Crippen molar-refractivity contribution in [1.82, 2.24) is 19.8 Å². The fraction of sp³-hybridized carbons (Fsp3) is 0.286. The van der Waals surface area contributed by atoms with Gasteiger partial charge in [0.15, 0.2) is 5.69 Å². The Morgan fingerprint density at radius 1 is 1.28 bits per heavy atom. The fourth-order valence-electron chi connectivity index (χ4n) is 3.43. The average Bonchev–Trinajstić information content (AvgIpc) is 3.22. The summed E-state index contributed by atoms with van der Waals surface area (Å²) in [5, 5.41) is 8.36. The molecule has 0 fully saturated rings. The van der Waals surface area contributed by atoms with Gasteiger partial charge >= 0.3 is 0 Å². The van der Waals surface area contributed by atoms with Crippen LogP contribution < -0.4 is 14.8 Å². The predicted octanol–water partition coefficient (Wildman–Crippen LogP) is 2.91. The fourth-order valence-corrected chi connectivity index (χ4v) is 3.86. The molecule has 1 aliphatic rings. The number of fused-ring (bicyclic) bond motifs is 1. The van der Waals surface area contributed by atoms with E-state index >= 15 is 0 Å². The minimum atomic E-state index is -0.202. The van der Waals surface area contributed by atoms with E-state index < -0.39 is 0 Å². The molecule has 1 aliphatic heterocycles. The highest BCUT2D eigenvalue weighted by Crippen LogP contribution is 2.34. The first-order valence-corrected chi connectivity index (χ1v) is 10.2. The first-order valence-electron chi connectivity index (χ1n) is 9.39. The molecule has 0 aliphatic carbocycles. The number of amides is 1. The standard InChI is InChI=1S/C21H22N4O3S/c1-27-19-9-5-3-7-16(19)20-13-25(12-15-6-2-4-8-18(15)28-20)11-10-22-21(26)17-14-29-24-23-17/h2-9,14,20H,10-13H2,1H3,(H,22,26). The van der Waals surface area contributed by atoms with E-state index in [1.54, 1.807) is 12.5 Å². The zero-order valence-electron chi connectivity index (χ0n) is 16.1. The van der Waals surface area contributed by atoms with E-state index in [2.05, 4.69) is 25.9 Å². The maximum atomic E-state index is 12.1. The number of rotatable bonds is 6. The first kappa shape index (κ1) is 19.4. The van der Waals surface area contributed by atoms with Crippen LogP contribution in [0.3, 0.4) is 0 Å². The summed E-state index contributed by atoms with van der Waals surface area (Å²) in [7, 11) is 1.67. The normalized spacial score (nSPS) is 16.4. The van der Waals surface area contributed by atoms with Crippen molar-refractivity contribution < 1.29 is 14.3 Å². The second kappa shape index (κ2) is 9.02. The molecular weight excluding hydrogens is 388 g/mol. The van der Waals surface area contributed by atoms with E-state index in [-0.39, 0.29) is 12.0 Å². The Bertz CT molecular complexity index is 964. The van der Waals surface area contributed by atoms with Crippen LogP contribution in [0.1, 0.15) is 27.7 Å². The van der Waals surface area contributed by atoms with Crippen molar-refractivity contribution in [2.75, 3.05) is 26.7 Å². The van der Waals surface area contributed by atoms with Gasteiger partial charge in [0.25, 0.3) is 5.91 Å². The average molecular weight is 410 g/mol. The predicted molar refractivity (Wildman–Crippen MR) is 110 cm³/mol. The molecule has 1 N–H and O–H groups in total. The van der Waals surface area contributed by atoms with Crippen LogP contribution in [0.5, 0.6) is 11.5 Å². The van der Waals surface area contributed by atoms with Crippen molar-refractivity contribution in [3.8, 4) is 11.5 Å². The summed E-state index contributed by atoms with van der Waals surface area (Å²) in [6.07, 6.45) is -0.173. The molecule has 3 aromatic rings. The van der Waals surface area contributed by atoms with Gasteiger partial charge in [0.2, 0.25) is 0 Å². The molecule has 150 valence electrons. The largest absolute Gasteiger partial charge is 0.496 e. The summed E-state index contributed by atoms with van der Waals surface area (Å²) in [6.45, 7) is 2.63. The van der Waals surface area contributed by atoms with Crippen molar-refractivity contribution in [3.63, 3.8) is 0 Å². The Morgan fingerprint density at radius 3 is 2.93 bits per heavy atom. The van der Waals surface area contributed by atoms with Gasteiger partial charge in [0.1, 0.15) is 17.6 Å². The highest BCUT2D eigenvalue weighted by Gasteiger charge is 2.26. The van der Waals surface area contributed by atoms with Crippen LogP contribution >= 0.6 is 11.5 Å². The highest BCUT2D eigenvalue weighted by atomic mass is 32.1. The molecule has 29 heavy (non-hydrogen) atoms. The maximum Gasteiger partial charge on any atom is 0.272 e. The van der Waals surface area contributed by atoms with Crippen molar-refractivity contribution in [1.29, 1.82) is 0 Å². The minimum absolute atomic E-state index is 0.173. The lowest BCUT2D eigenvalue weighted by molar-refractivity contribution is 0.0938. The number of para-hydroxylation sites is 2. The summed E-state index contributed by atoms with van der Waals surface area (Å²) in [5.74, 6) is 1.48. The number of benzene rings is 2. The molecule has 0 spiro atoms. The third kappa shape index (κ3) is 4.55. The number of hydrogen-bond donors (Lipinski definition) is 1. The number of methoxy groups -OCH3 is 1. The number of nitrogens with zero attached hydrogens (tertiary/aromatic N) is 3. The number of carbonyl (C=O) groups is 1. The Balaban J connectivity index is 1.50. The third-order valence-electron chi connectivity index (χ3n) is 4.85. The van der Waals surface area contributed by atoms with Gasteiger partial charge in [-0.1, -0.05) is 40.9 Å². The molecule has 4 rings (SSSR count). The number of hydrogen-bond acceptors (Lipinski definition) is 7. The van der Waals surface area contributed by atoms with Crippen LogP contribution in [0.2, 0.25) is 0 Å². The monoisotopic (exact) mass is 410 g/mol. The van der Waals surface area contributed by atoms with Gasteiger partial charge in [-0.05, 0) is 23.7 Å². The SMILES string of the molecule is COc1ccccc1C1CN(CCNC(=O)c2csnn2)Cc2ccccc2O1. The Kier molecular flexibility index (Phi) is 6.02. The van der Waals surface area contributed by atoms with E-state index in [0.29, 0.717) is 25.3 Å². The molecule has 2 aromatic carbocycles. The van der Waals surface area contributed by atoms with Crippen LogP contribution in [0.15, 0.2) is 53.9 Å². The smallest absolute Gasteiger partial charge is 0.272 e. The van der Waals surface area contributed by atoms with E-state index in [4.69, 9.17) is 9.47 Å². The van der Waals surface area contributed by atoms with Gasteiger partial charge in [0.05, 0.1) is 7.11 Å². The third-order valence-corrected chi connectivity index (χ3v) is 5.36.